The lowest BCUT2D eigenvalue weighted by Crippen LogP contribution is -2.34. The Morgan fingerprint density at radius 3 is 2.52 bits per heavy atom. The van der Waals surface area contributed by atoms with E-state index in [4.69, 9.17) is 0 Å². The van der Waals surface area contributed by atoms with Gasteiger partial charge in [0.05, 0.1) is 5.69 Å². The number of hydrogen-bond acceptors (Lipinski definition) is 3. The molecule has 0 atom stereocenters. The molecule has 1 aromatic rings. The molecule has 0 unspecified atom stereocenters. The van der Waals surface area contributed by atoms with Gasteiger partial charge in [0.15, 0.2) is 0 Å². The SMILES string of the molecule is CC(C)Cn1nc(C(C)C)cc(CNC2CCCC2)c1=O. The Hall–Kier alpha value is -1.16. The molecule has 0 radical (unpaired) electrons. The van der Waals surface area contributed by atoms with Crippen LogP contribution in [0.3, 0.4) is 0 Å². The summed E-state index contributed by atoms with van der Waals surface area (Å²) in [7, 11) is 0. The zero-order valence-corrected chi connectivity index (χ0v) is 13.9. The van der Waals surface area contributed by atoms with Crippen LogP contribution in [0.4, 0.5) is 0 Å². The van der Waals surface area contributed by atoms with E-state index in [1.54, 1.807) is 4.68 Å². The lowest BCUT2D eigenvalue weighted by atomic mass is 10.1. The maximum atomic E-state index is 12.5. The highest BCUT2D eigenvalue weighted by molar-refractivity contribution is 5.16. The summed E-state index contributed by atoms with van der Waals surface area (Å²) in [6.45, 7) is 9.85. The van der Waals surface area contributed by atoms with Crippen molar-refractivity contribution in [2.24, 2.45) is 5.92 Å². The first-order chi connectivity index (χ1) is 9.97. The minimum atomic E-state index is 0.0681. The molecule has 0 aromatic carbocycles. The minimum Gasteiger partial charge on any atom is -0.310 e. The van der Waals surface area contributed by atoms with Crippen LogP contribution in [0.25, 0.3) is 0 Å². The van der Waals surface area contributed by atoms with Crippen LogP contribution >= 0.6 is 0 Å². The summed E-state index contributed by atoms with van der Waals surface area (Å²) in [5.74, 6) is 0.766. The van der Waals surface area contributed by atoms with Gasteiger partial charge in [-0.3, -0.25) is 4.79 Å². The molecule has 4 nitrogen and oxygen atoms in total. The number of aromatic nitrogens is 2. The van der Waals surface area contributed by atoms with E-state index in [0.29, 0.717) is 31.0 Å². The molecule has 1 N–H and O–H groups in total. The molecule has 118 valence electrons. The first-order valence-electron chi connectivity index (χ1n) is 8.31. The molecule has 1 aliphatic rings. The van der Waals surface area contributed by atoms with Crippen LogP contribution in [-0.2, 0) is 13.1 Å². The van der Waals surface area contributed by atoms with E-state index in [9.17, 15) is 4.79 Å². The topological polar surface area (TPSA) is 46.9 Å². The highest BCUT2D eigenvalue weighted by Crippen LogP contribution is 2.18. The molecule has 0 aliphatic heterocycles. The third-order valence-corrected chi connectivity index (χ3v) is 4.13. The lowest BCUT2D eigenvalue weighted by molar-refractivity contribution is 0.447. The fraction of sp³-hybridized carbons (Fsp3) is 0.765. The van der Waals surface area contributed by atoms with E-state index in [0.717, 1.165) is 11.3 Å². The molecule has 1 heterocycles. The van der Waals surface area contributed by atoms with Crippen molar-refractivity contribution >= 4 is 0 Å². The molecule has 1 aliphatic carbocycles. The van der Waals surface area contributed by atoms with Crippen molar-refractivity contribution in [1.82, 2.24) is 15.1 Å². The van der Waals surface area contributed by atoms with E-state index in [1.807, 2.05) is 6.07 Å². The lowest BCUT2D eigenvalue weighted by Gasteiger charge is -2.16. The summed E-state index contributed by atoms with van der Waals surface area (Å²) in [5.41, 5.74) is 1.94. The zero-order valence-electron chi connectivity index (χ0n) is 13.9. The van der Waals surface area contributed by atoms with Crippen molar-refractivity contribution in [1.29, 1.82) is 0 Å². The quantitative estimate of drug-likeness (QED) is 0.876. The molecule has 2 rings (SSSR count). The van der Waals surface area contributed by atoms with Crippen molar-refractivity contribution in [3.63, 3.8) is 0 Å². The predicted octanol–water partition coefficient (Wildman–Crippen LogP) is 3.05. The Kier molecular flexibility index (Phi) is 5.57. The average Bonchev–Trinajstić information content (AvgIpc) is 2.92. The van der Waals surface area contributed by atoms with Crippen molar-refractivity contribution in [2.45, 2.75) is 78.4 Å². The van der Waals surface area contributed by atoms with Gasteiger partial charge in [0.2, 0.25) is 0 Å². The Bertz CT molecular complexity index is 513. The van der Waals surface area contributed by atoms with Crippen LogP contribution in [0.5, 0.6) is 0 Å². The van der Waals surface area contributed by atoms with Crippen molar-refractivity contribution in [3.05, 3.63) is 27.7 Å². The van der Waals surface area contributed by atoms with Gasteiger partial charge < -0.3 is 5.32 Å². The van der Waals surface area contributed by atoms with Crippen molar-refractivity contribution in [2.75, 3.05) is 0 Å². The third kappa shape index (κ3) is 4.40. The van der Waals surface area contributed by atoms with Crippen LogP contribution in [0.2, 0.25) is 0 Å². The van der Waals surface area contributed by atoms with E-state index >= 15 is 0 Å². The largest absolute Gasteiger partial charge is 0.310 e. The van der Waals surface area contributed by atoms with E-state index in [1.165, 1.54) is 25.7 Å². The Morgan fingerprint density at radius 2 is 1.95 bits per heavy atom. The first kappa shape index (κ1) is 16.2. The van der Waals surface area contributed by atoms with Crippen LogP contribution in [0, 0.1) is 5.92 Å². The summed E-state index contributed by atoms with van der Waals surface area (Å²) >= 11 is 0. The normalized spacial score (nSPS) is 16.3. The molecule has 0 amide bonds. The van der Waals surface area contributed by atoms with Gasteiger partial charge in [-0.2, -0.15) is 5.10 Å². The van der Waals surface area contributed by atoms with Gasteiger partial charge in [0.25, 0.3) is 5.56 Å². The molecule has 1 saturated carbocycles. The zero-order chi connectivity index (χ0) is 15.4. The second kappa shape index (κ2) is 7.21. The number of nitrogens with zero attached hydrogens (tertiary/aromatic N) is 2. The van der Waals surface area contributed by atoms with E-state index in [2.05, 4.69) is 38.1 Å². The van der Waals surface area contributed by atoms with Gasteiger partial charge in [0.1, 0.15) is 0 Å². The third-order valence-electron chi connectivity index (χ3n) is 4.13. The number of nitrogens with one attached hydrogen (secondary N) is 1. The van der Waals surface area contributed by atoms with E-state index in [-0.39, 0.29) is 5.56 Å². The van der Waals surface area contributed by atoms with Gasteiger partial charge in [-0.15, -0.1) is 0 Å². The molecular weight excluding hydrogens is 262 g/mol. The summed E-state index contributed by atoms with van der Waals surface area (Å²) < 4.78 is 1.66. The second-order valence-corrected chi connectivity index (χ2v) is 6.99. The summed E-state index contributed by atoms with van der Waals surface area (Å²) in [5, 5.41) is 8.07. The summed E-state index contributed by atoms with van der Waals surface area (Å²) in [6, 6.07) is 2.57. The van der Waals surface area contributed by atoms with Gasteiger partial charge in [0, 0.05) is 24.7 Å². The smallest absolute Gasteiger partial charge is 0.271 e. The minimum absolute atomic E-state index is 0.0681. The second-order valence-electron chi connectivity index (χ2n) is 6.99. The van der Waals surface area contributed by atoms with Gasteiger partial charge in [-0.25, -0.2) is 4.68 Å². The van der Waals surface area contributed by atoms with Crippen molar-refractivity contribution < 1.29 is 0 Å². The molecular formula is C17H29N3O. The molecule has 0 spiro atoms. The Labute approximate surface area is 127 Å². The summed E-state index contributed by atoms with van der Waals surface area (Å²) in [6.07, 6.45) is 5.09. The molecule has 1 fully saturated rings. The average molecular weight is 291 g/mol. The highest BCUT2D eigenvalue weighted by atomic mass is 16.1. The Balaban J connectivity index is 2.20. The van der Waals surface area contributed by atoms with Crippen LogP contribution < -0.4 is 10.9 Å². The molecule has 0 saturated heterocycles. The molecule has 21 heavy (non-hydrogen) atoms. The van der Waals surface area contributed by atoms with Crippen LogP contribution in [-0.4, -0.2) is 15.8 Å². The fourth-order valence-electron chi connectivity index (χ4n) is 2.88. The van der Waals surface area contributed by atoms with Gasteiger partial charge in [-0.05, 0) is 30.7 Å². The first-order valence-corrected chi connectivity index (χ1v) is 8.31. The highest BCUT2D eigenvalue weighted by Gasteiger charge is 2.16. The standard InChI is InChI=1S/C17H29N3O/c1-12(2)11-20-17(21)14(9-16(19-20)13(3)4)10-18-15-7-5-6-8-15/h9,12-13,15,18H,5-8,10-11H2,1-4H3. The Morgan fingerprint density at radius 1 is 1.29 bits per heavy atom. The number of rotatable bonds is 6. The maximum absolute atomic E-state index is 12.5. The van der Waals surface area contributed by atoms with Crippen LogP contribution in [0.1, 0.15) is 70.6 Å². The molecule has 4 heteroatoms. The van der Waals surface area contributed by atoms with Crippen LogP contribution in [0.15, 0.2) is 10.9 Å². The fourth-order valence-corrected chi connectivity index (χ4v) is 2.88. The molecule has 0 bridgehead atoms. The van der Waals surface area contributed by atoms with Crippen molar-refractivity contribution in [3.8, 4) is 0 Å². The predicted molar refractivity (Wildman–Crippen MR) is 86.5 cm³/mol. The number of hydrogen-bond donors (Lipinski definition) is 1. The van der Waals surface area contributed by atoms with E-state index < -0.39 is 0 Å². The van der Waals surface area contributed by atoms with Gasteiger partial charge in [-0.1, -0.05) is 40.5 Å². The maximum Gasteiger partial charge on any atom is 0.271 e. The monoisotopic (exact) mass is 291 g/mol. The van der Waals surface area contributed by atoms with Gasteiger partial charge >= 0.3 is 0 Å². The summed E-state index contributed by atoms with van der Waals surface area (Å²) in [4.78, 5) is 12.5. The molecule has 1 aromatic heterocycles.